The summed E-state index contributed by atoms with van der Waals surface area (Å²) in [6, 6.07) is 0. The van der Waals surface area contributed by atoms with E-state index in [9.17, 15) is 4.79 Å². The smallest absolute Gasteiger partial charge is 0.216 e. The van der Waals surface area contributed by atoms with Crippen LogP contribution >= 0.6 is 11.8 Å². The molecule has 0 aliphatic rings. The zero-order chi connectivity index (χ0) is 8.85. The maximum atomic E-state index is 10.9. The molecule has 0 saturated heterocycles. The van der Waals surface area contributed by atoms with Gasteiger partial charge in [0.25, 0.3) is 0 Å². The normalized spacial score (nSPS) is 12.6. The molecule has 1 N–H and O–H groups in total. The maximum absolute atomic E-state index is 10.9. The van der Waals surface area contributed by atoms with E-state index in [1.165, 1.54) is 0 Å². The van der Waals surface area contributed by atoms with Crippen LogP contribution in [0.1, 0.15) is 26.7 Å². The third-order valence-corrected chi connectivity index (χ3v) is 2.20. The monoisotopic (exact) mass is 174 g/mol. The van der Waals surface area contributed by atoms with Crippen molar-refractivity contribution >= 4 is 16.9 Å². The van der Waals surface area contributed by atoms with Crippen molar-refractivity contribution < 1.29 is 9.90 Å². The van der Waals surface area contributed by atoms with Crippen molar-refractivity contribution in [2.75, 3.05) is 0 Å². The Morgan fingerprint density at radius 3 is 2.64 bits per heavy atom. The van der Waals surface area contributed by atoms with Crippen molar-refractivity contribution in [1.82, 2.24) is 0 Å². The van der Waals surface area contributed by atoms with Crippen molar-refractivity contribution in [3.8, 4) is 0 Å². The highest BCUT2D eigenvalue weighted by molar-refractivity contribution is 8.14. The Balaban J connectivity index is 3.66. The molecule has 0 aromatic carbocycles. The van der Waals surface area contributed by atoms with E-state index in [0.29, 0.717) is 12.0 Å². The number of aliphatic hydroxyl groups is 1. The van der Waals surface area contributed by atoms with Crippen LogP contribution in [-0.2, 0) is 4.79 Å². The summed E-state index contributed by atoms with van der Waals surface area (Å²) in [6.45, 7) is 7.10. The summed E-state index contributed by atoms with van der Waals surface area (Å²) in [5.41, 5.74) is -0.0747. The number of hydrogen-bond acceptors (Lipinski definition) is 3. The SMILES string of the molecule is C=C(C)C(=O)SC(O)CCC. The molecule has 11 heavy (non-hydrogen) atoms. The predicted octanol–water partition coefficient (Wildman–Crippen LogP) is 1.94. The third kappa shape index (κ3) is 5.04. The van der Waals surface area contributed by atoms with Gasteiger partial charge in [-0.3, -0.25) is 4.79 Å². The van der Waals surface area contributed by atoms with Gasteiger partial charge in [0.05, 0.1) is 0 Å². The van der Waals surface area contributed by atoms with Crippen molar-refractivity contribution in [3.05, 3.63) is 12.2 Å². The van der Waals surface area contributed by atoms with Crippen molar-refractivity contribution in [2.24, 2.45) is 0 Å². The quantitative estimate of drug-likeness (QED) is 0.523. The number of carbonyl (C=O) groups is 1. The van der Waals surface area contributed by atoms with Gasteiger partial charge in [-0.1, -0.05) is 31.7 Å². The number of aliphatic hydroxyl groups excluding tert-OH is 1. The molecule has 0 amide bonds. The lowest BCUT2D eigenvalue weighted by atomic mass is 10.4. The highest BCUT2D eigenvalue weighted by Gasteiger charge is 2.10. The molecule has 1 unspecified atom stereocenters. The molecule has 0 heterocycles. The van der Waals surface area contributed by atoms with Crippen LogP contribution in [-0.4, -0.2) is 15.7 Å². The van der Waals surface area contributed by atoms with Gasteiger partial charge in [0, 0.05) is 0 Å². The van der Waals surface area contributed by atoms with Gasteiger partial charge in [0.1, 0.15) is 5.44 Å². The molecule has 0 fully saturated rings. The Kier molecular flexibility index (Phi) is 5.24. The van der Waals surface area contributed by atoms with Crippen molar-refractivity contribution in [2.45, 2.75) is 32.1 Å². The topological polar surface area (TPSA) is 37.3 Å². The van der Waals surface area contributed by atoms with Gasteiger partial charge in [-0.05, 0) is 18.9 Å². The Bertz CT molecular complexity index is 154. The van der Waals surface area contributed by atoms with Gasteiger partial charge in [0.15, 0.2) is 0 Å². The van der Waals surface area contributed by atoms with E-state index in [-0.39, 0.29) is 5.12 Å². The molecule has 0 rings (SSSR count). The first kappa shape index (κ1) is 10.7. The molecule has 0 aromatic rings. The van der Waals surface area contributed by atoms with E-state index in [1.807, 2.05) is 6.92 Å². The van der Waals surface area contributed by atoms with Crippen LogP contribution in [0, 0.1) is 0 Å². The lowest BCUT2D eigenvalue weighted by Gasteiger charge is -2.06. The fourth-order valence-corrected chi connectivity index (χ4v) is 1.33. The van der Waals surface area contributed by atoms with E-state index in [0.717, 1.165) is 18.2 Å². The summed E-state index contributed by atoms with van der Waals surface area (Å²) in [4.78, 5) is 10.9. The summed E-state index contributed by atoms with van der Waals surface area (Å²) >= 11 is 0.949. The molecule has 1 atom stereocenters. The predicted molar refractivity (Wildman–Crippen MR) is 48.3 cm³/mol. The van der Waals surface area contributed by atoms with Gasteiger partial charge in [0.2, 0.25) is 5.12 Å². The third-order valence-electron chi connectivity index (χ3n) is 1.13. The Hall–Kier alpha value is -0.280. The van der Waals surface area contributed by atoms with E-state index < -0.39 is 5.44 Å². The fraction of sp³-hybridized carbons (Fsp3) is 0.625. The molecule has 0 spiro atoms. The minimum Gasteiger partial charge on any atom is -0.382 e. The Morgan fingerprint density at radius 1 is 1.73 bits per heavy atom. The van der Waals surface area contributed by atoms with Crippen LogP contribution in [0.3, 0.4) is 0 Å². The van der Waals surface area contributed by atoms with Crippen LogP contribution in [0.15, 0.2) is 12.2 Å². The first-order valence-electron chi connectivity index (χ1n) is 3.62. The molecule has 64 valence electrons. The summed E-state index contributed by atoms with van der Waals surface area (Å²) in [5.74, 6) is 0. The average molecular weight is 174 g/mol. The van der Waals surface area contributed by atoms with E-state index in [2.05, 4.69) is 6.58 Å². The van der Waals surface area contributed by atoms with E-state index in [1.54, 1.807) is 6.92 Å². The molecule has 0 aromatic heterocycles. The molecule has 2 nitrogen and oxygen atoms in total. The summed E-state index contributed by atoms with van der Waals surface area (Å²) in [7, 11) is 0. The van der Waals surface area contributed by atoms with Crippen molar-refractivity contribution in [3.63, 3.8) is 0 Å². The van der Waals surface area contributed by atoms with Gasteiger partial charge >= 0.3 is 0 Å². The van der Waals surface area contributed by atoms with Crippen LogP contribution in [0.2, 0.25) is 0 Å². The van der Waals surface area contributed by atoms with E-state index in [4.69, 9.17) is 5.11 Å². The van der Waals surface area contributed by atoms with E-state index >= 15 is 0 Å². The summed E-state index contributed by atoms with van der Waals surface area (Å²) in [5, 5.41) is 9.05. The Labute approximate surface area is 71.7 Å². The summed E-state index contributed by atoms with van der Waals surface area (Å²) in [6.07, 6.45) is 1.54. The number of thioether (sulfide) groups is 1. The first-order valence-corrected chi connectivity index (χ1v) is 4.50. The van der Waals surface area contributed by atoms with Gasteiger partial charge in [-0.2, -0.15) is 0 Å². The number of carbonyl (C=O) groups excluding carboxylic acids is 1. The molecule has 0 bridgehead atoms. The second kappa shape index (κ2) is 5.38. The highest BCUT2D eigenvalue weighted by Crippen LogP contribution is 2.17. The molecule has 0 saturated carbocycles. The fourth-order valence-electron chi connectivity index (χ4n) is 0.530. The number of rotatable bonds is 4. The minimum atomic E-state index is -0.566. The zero-order valence-electron chi connectivity index (χ0n) is 6.96. The second-order valence-electron chi connectivity index (χ2n) is 2.43. The van der Waals surface area contributed by atoms with Crippen LogP contribution in [0.4, 0.5) is 0 Å². The molecule has 0 radical (unpaired) electrons. The maximum Gasteiger partial charge on any atom is 0.216 e. The standard InChI is InChI=1S/C8H14O2S/c1-4-5-7(9)11-8(10)6(2)3/h7,9H,2,4-5H2,1,3H3. The first-order chi connectivity index (χ1) is 5.07. The van der Waals surface area contributed by atoms with Gasteiger partial charge in [-0.15, -0.1) is 0 Å². The van der Waals surface area contributed by atoms with Gasteiger partial charge < -0.3 is 5.11 Å². The molecule has 0 aliphatic heterocycles. The van der Waals surface area contributed by atoms with Crippen LogP contribution < -0.4 is 0 Å². The minimum absolute atomic E-state index is 0.119. The lowest BCUT2D eigenvalue weighted by Crippen LogP contribution is -2.05. The lowest BCUT2D eigenvalue weighted by molar-refractivity contribution is -0.107. The second-order valence-corrected chi connectivity index (χ2v) is 3.58. The zero-order valence-corrected chi connectivity index (χ0v) is 7.78. The molecule has 3 heteroatoms. The highest BCUT2D eigenvalue weighted by atomic mass is 32.2. The van der Waals surface area contributed by atoms with Crippen LogP contribution in [0.5, 0.6) is 0 Å². The van der Waals surface area contributed by atoms with Gasteiger partial charge in [-0.25, -0.2) is 0 Å². The number of hydrogen-bond donors (Lipinski definition) is 1. The largest absolute Gasteiger partial charge is 0.382 e. The molecular formula is C8H14O2S. The Morgan fingerprint density at radius 2 is 2.27 bits per heavy atom. The molecular weight excluding hydrogens is 160 g/mol. The molecule has 0 aliphatic carbocycles. The van der Waals surface area contributed by atoms with Crippen LogP contribution in [0.25, 0.3) is 0 Å². The average Bonchev–Trinajstić information content (AvgIpc) is 1.87. The summed E-state index contributed by atoms with van der Waals surface area (Å²) < 4.78 is 0. The van der Waals surface area contributed by atoms with Crippen molar-refractivity contribution in [1.29, 1.82) is 0 Å².